The zero-order valence-electron chi connectivity index (χ0n) is 8.65. The number of furan rings is 1. The third kappa shape index (κ3) is 3.11. The Balaban J connectivity index is 2.37. The highest BCUT2D eigenvalue weighted by Gasteiger charge is 2.03. The molecule has 1 aromatic heterocycles. The molecule has 1 aromatic carbocycles. The van der Waals surface area contributed by atoms with Crippen molar-refractivity contribution in [1.82, 2.24) is 0 Å². The number of rotatable bonds is 2. The van der Waals surface area contributed by atoms with Crippen LogP contribution in [0.2, 0.25) is 5.02 Å². The highest BCUT2D eigenvalue weighted by molar-refractivity contribution is 14.1. The van der Waals surface area contributed by atoms with E-state index in [1.165, 1.54) is 0 Å². The molecule has 0 N–H and O–H groups in total. The van der Waals surface area contributed by atoms with Crippen molar-refractivity contribution in [2.75, 3.05) is 0 Å². The molecule has 2 aromatic rings. The van der Waals surface area contributed by atoms with E-state index in [2.05, 4.69) is 28.7 Å². The van der Waals surface area contributed by atoms with Crippen LogP contribution in [0.4, 0.5) is 0 Å². The number of halogens is 2. The lowest BCUT2D eigenvalue weighted by atomic mass is 10.1. The molecule has 84 valence electrons. The Labute approximate surface area is 118 Å². The Bertz CT molecular complexity index is 593. The minimum absolute atomic E-state index is 0.549. The van der Waals surface area contributed by atoms with Gasteiger partial charge in [-0.25, -0.2) is 0 Å². The predicted octanol–water partition coefficient (Wildman–Crippen LogP) is 4.60. The summed E-state index contributed by atoms with van der Waals surface area (Å²) in [5.41, 5.74) is 1.37. The van der Waals surface area contributed by atoms with Crippen LogP contribution < -0.4 is 0 Å². The molecule has 0 saturated carbocycles. The van der Waals surface area contributed by atoms with Crippen molar-refractivity contribution in [3.05, 3.63) is 56.5 Å². The molecule has 0 radical (unpaired) electrons. The van der Waals surface area contributed by atoms with E-state index in [0.29, 0.717) is 16.4 Å². The summed E-state index contributed by atoms with van der Waals surface area (Å²) in [5.74, 6) is 0.668. The smallest absolute Gasteiger partial charge is 0.164 e. The van der Waals surface area contributed by atoms with Crippen LogP contribution >= 0.6 is 34.2 Å². The molecule has 0 fully saturated rings. The summed E-state index contributed by atoms with van der Waals surface area (Å²) in [7, 11) is 0. The molecule has 0 atom stereocenters. The second-order valence-electron chi connectivity index (χ2n) is 3.32. The van der Waals surface area contributed by atoms with Crippen LogP contribution in [-0.2, 0) is 0 Å². The quantitative estimate of drug-likeness (QED) is 0.583. The van der Waals surface area contributed by atoms with Gasteiger partial charge in [-0.05, 0) is 58.5 Å². The maximum absolute atomic E-state index is 9.12. The van der Waals surface area contributed by atoms with Gasteiger partial charge in [-0.15, -0.1) is 0 Å². The van der Waals surface area contributed by atoms with Gasteiger partial charge in [0.05, 0.1) is 11.6 Å². The van der Waals surface area contributed by atoms with E-state index in [-0.39, 0.29) is 0 Å². The summed E-state index contributed by atoms with van der Waals surface area (Å²) in [6.45, 7) is 0. The second kappa shape index (κ2) is 5.39. The topological polar surface area (TPSA) is 36.9 Å². The van der Waals surface area contributed by atoms with Crippen LogP contribution in [0, 0.1) is 15.1 Å². The van der Waals surface area contributed by atoms with Gasteiger partial charge in [-0.1, -0.05) is 23.7 Å². The molecule has 0 spiro atoms. The Morgan fingerprint density at radius 2 is 1.94 bits per heavy atom. The number of nitriles is 1. The zero-order valence-corrected chi connectivity index (χ0v) is 11.6. The SMILES string of the molecule is N#CC(=Cc1ccc(I)o1)c1ccc(Cl)cc1. The number of hydrogen-bond acceptors (Lipinski definition) is 2. The van der Waals surface area contributed by atoms with Crippen LogP contribution in [0.25, 0.3) is 11.6 Å². The van der Waals surface area contributed by atoms with E-state index < -0.39 is 0 Å². The summed E-state index contributed by atoms with van der Waals surface area (Å²) in [6.07, 6.45) is 1.71. The fraction of sp³-hybridized carbons (Fsp3) is 0. The first-order valence-electron chi connectivity index (χ1n) is 4.82. The van der Waals surface area contributed by atoms with E-state index in [1.807, 2.05) is 24.3 Å². The van der Waals surface area contributed by atoms with Crippen LogP contribution in [0.15, 0.2) is 40.8 Å². The maximum atomic E-state index is 9.12. The summed E-state index contributed by atoms with van der Waals surface area (Å²) in [5, 5.41) is 9.77. The lowest BCUT2D eigenvalue weighted by Gasteiger charge is -1.98. The van der Waals surface area contributed by atoms with E-state index in [4.69, 9.17) is 21.3 Å². The number of nitrogens with zero attached hydrogens (tertiary/aromatic N) is 1. The molecular formula is C13H7ClINO. The Morgan fingerprint density at radius 1 is 1.24 bits per heavy atom. The van der Waals surface area contributed by atoms with Crippen LogP contribution in [0.5, 0.6) is 0 Å². The van der Waals surface area contributed by atoms with Gasteiger partial charge < -0.3 is 4.42 Å². The molecule has 2 nitrogen and oxygen atoms in total. The highest BCUT2D eigenvalue weighted by Crippen LogP contribution is 2.21. The molecule has 17 heavy (non-hydrogen) atoms. The molecule has 0 aliphatic heterocycles. The van der Waals surface area contributed by atoms with Crippen LogP contribution in [-0.4, -0.2) is 0 Å². The lowest BCUT2D eigenvalue weighted by molar-refractivity contribution is 0.528. The van der Waals surface area contributed by atoms with Gasteiger partial charge in [0.1, 0.15) is 5.76 Å². The number of hydrogen-bond donors (Lipinski definition) is 0. The van der Waals surface area contributed by atoms with Gasteiger partial charge in [0.25, 0.3) is 0 Å². The summed E-state index contributed by atoms with van der Waals surface area (Å²) in [6, 6.07) is 13.0. The summed E-state index contributed by atoms with van der Waals surface area (Å²) < 4.78 is 6.19. The standard InChI is InChI=1S/C13H7ClINO/c14-11-3-1-9(2-4-11)10(8-16)7-12-5-6-13(15)17-12/h1-7H. The zero-order chi connectivity index (χ0) is 12.3. The average molecular weight is 356 g/mol. The molecule has 0 aliphatic carbocycles. The van der Waals surface area contributed by atoms with Crippen molar-refractivity contribution < 1.29 is 4.42 Å². The van der Waals surface area contributed by atoms with E-state index in [1.54, 1.807) is 18.2 Å². The van der Waals surface area contributed by atoms with Gasteiger partial charge in [0.2, 0.25) is 0 Å². The predicted molar refractivity (Wildman–Crippen MR) is 76.4 cm³/mol. The molecule has 2 rings (SSSR count). The molecular weight excluding hydrogens is 349 g/mol. The van der Waals surface area contributed by atoms with Crippen molar-refractivity contribution in [1.29, 1.82) is 5.26 Å². The van der Waals surface area contributed by atoms with Crippen LogP contribution in [0.1, 0.15) is 11.3 Å². The number of benzene rings is 1. The third-order valence-corrected chi connectivity index (χ3v) is 2.99. The Hall–Kier alpha value is -1.25. The van der Waals surface area contributed by atoms with Crippen molar-refractivity contribution in [2.45, 2.75) is 0 Å². The van der Waals surface area contributed by atoms with Gasteiger partial charge in [-0.3, -0.25) is 0 Å². The van der Waals surface area contributed by atoms with Crippen molar-refractivity contribution in [2.24, 2.45) is 0 Å². The minimum atomic E-state index is 0.549. The first-order valence-corrected chi connectivity index (χ1v) is 6.28. The summed E-state index contributed by atoms with van der Waals surface area (Å²) >= 11 is 7.88. The normalized spacial score (nSPS) is 11.2. The Morgan fingerprint density at radius 3 is 2.47 bits per heavy atom. The number of allylic oxidation sites excluding steroid dienone is 1. The fourth-order valence-electron chi connectivity index (χ4n) is 1.36. The van der Waals surface area contributed by atoms with E-state index in [9.17, 15) is 0 Å². The highest BCUT2D eigenvalue weighted by atomic mass is 127. The van der Waals surface area contributed by atoms with E-state index in [0.717, 1.165) is 9.33 Å². The largest absolute Gasteiger partial charge is 0.451 e. The molecule has 0 saturated heterocycles. The molecule has 0 aliphatic rings. The van der Waals surface area contributed by atoms with Gasteiger partial charge in [0.15, 0.2) is 3.77 Å². The minimum Gasteiger partial charge on any atom is -0.451 e. The van der Waals surface area contributed by atoms with Crippen molar-refractivity contribution in [3.63, 3.8) is 0 Å². The fourth-order valence-corrected chi connectivity index (χ4v) is 1.92. The van der Waals surface area contributed by atoms with Gasteiger partial charge >= 0.3 is 0 Å². The van der Waals surface area contributed by atoms with E-state index >= 15 is 0 Å². The van der Waals surface area contributed by atoms with Crippen LogP contribution in [0.3, 0.4) is 0 Å². The third-order valence-electron chi connectivity index (χ3n) is 2.16. The molecule has 1 heterocycles. The average Bonchev–Trinajstić information content (AvgIpc) is 2.73. The monoisotopic (exact) mass is 355 g/mol. The summed E-state index contributed by atoms with van der Waals surface area (Å²) in [4.78, 5) is 0. The van der Waals surface area contributed by atoms with Crippen molar-refractivity contribution >= 4 is 45.8 Å². The van der Waals surface area contributed by atoms with Gasteiger partial charge in [-0.2, -0.15) is 5.26 Å². The van der Waals surface area contributed by atoms with Gasteiger partial charge in [0, 0.05) is 5.02 Å². The lowest BCUT2D eigenvalue weighted by Crippen LogP contribution is -1.80. The molecule has 4 heteroatoms. The molecule has 0 amide bonds. The molecule has 0 unspecified atom stereocenters. The first kappa shape index (κ1) is 12.2. The second-order valence-corrected chi connectivity index (χ2v) is 4.82. The maximum Gasteiger partial charge on any atom is 0.164 e. The molecule has 0 bridgehead atoms. The van der Waals surface area contributed by atoms with Crippen molar-refractivity contribution in [3.8, 4) is 6.07 Å². The Kier molecular flexibility index (Phi) is 3.87. The first-order chi connectivity index (χ1) is 8.19.